The highest BCUT2D eigenvalue weighted by molar-refractivity contribution is 5.93. The molecule has 1 aliphatic heterocycles. The number of nitrogens with zero attached hydrogens (tertiary/aromatic N) is 2. The number of fused-ring (bicyclic) bond motifs is 1. The van der Waals surface area contributed by atoms with Crippen molar-refractivity contribution < 1.29 is 14.5 Å². The quantitative estimate of drug-likeness (QED) is 0.657. The minimum Gasteiger partial charge on any atom is -0.317 e. The summed E-state index contributed by atoms with van der Waals surface area (Å²) >= 11 is 0. The first-order valence-corrected chi connectivity index (χ1v) is 6.85. The zero-order valence-corrected chi connectivity index (χ0v) is 12.4. The Morgan fingerprint density at radius 1 is 1.25 bits per heavy atom. The van der Waals surface area contributed by atoms with E-state index in [4.69, 9.17) is 15.2 Å². The van der Waals surface area contributed by atoms with Crippen molar-refractivity contribution in [3.8, 4) is 12.1 Å². The fourth-order valence-corrected chi connectivity index (χ4v) is 4.15. The predicted octanol–water partition coefficient (Wildman–Crippen LogP) is -0.530. The van der Waals surface area contributed by atoms with Gasteiger partial charge in [0.15, 0.2) is 10.8 Å². The Balaban J connectivity index is 2.64. The predicted molar refractivity (Wildman–Crippen MR) is 70.6 cm³/mol. The lowest BCUT2D eigenvalue weighted by Crippen LogP contribution is -2.90. The van der Waals surface area contributed by atoms with Crippen LogP contribution in [0.25, 0.3) is 0 Å². The Morgan fingerprint density at radius 2 is 1.80 bits per heavy atom. The number of amidine groups is 1. The van der Waals surface area contributed by atoms with Gasteiger partial charge in [-0.15, -0.1) is 0 Å². The molecule has 6 nitrogen and oxygen atoms in total. The summed E-state index contributed by atoms with van der Waals surface area (Å²) in [7, 11) is 2.91. The van der Waals surface area contributed by atoms with E-state index in [1.165, 1.54) is 14.2 Å². The van der Waals surface area contributed by atoms with Gasteiger partial charge in [-0.1, -0.05) is 26.7 Å². The van der Waals surface area contributed by atoms with Gasteiger partial charge < -0.3 is 9.47 Å². The normalized spacial score (nSPS) is 37.0. The van der Waals surface area contributed by atoms with Crippen LogP contribution < -0.4 is 10.7 Å². The number of hydrogen-bond donors (Lipinski definition) is 2. The Kier molecular flexibility index (Phi) is 3.28. The van der Waals surface area contributed by atoms with Crippen molar-refractivity contribution in [2.45, 2.75) is 32.6 Å². The second kappa shape index (κ2) is 4.44. The summed E-state index contributed by atoms with van der Waals surface area (Å²) in [5, 5.41) is 19.5. The molecule has 2 rings (SSSR count). The van der Waals surface area contributed by atoms with E-state index in [2.05, 4.69) is 31.0 Å². The second-order valence-electron chi connectivity index (χ2n) is 5.46. The summed E-state index contributed by atoms with van der Waals surface area (Å²) in [6.45, 7) is 4.12. The molecule has 0 radical (unpaired) electrons. The highest BCUT2D eigenvalue weighted by Gasteiger charge is 2.97. The van der Waals surface area contributed by atoms with E-state index < -0.39 is 16.7 Å². The van der Waals surface area contributed by atoms with Crippen LogP contribution in [0.15, 0.2) is 0 Å². The third-order valence-electron chi connectivity index (χ3n) is 5.16. The number of ether oxygens (including phenoxy) is 2. The van der Waals surface area contributed by atoms with Crippen LogP contribution in [0.5, 0.6) is 0 Å². The molecule has 1 heterocycles. The number of nitriles is 2. The topological polar surface area (TPSA) is 106 Å². The van der Waals surface area contributed by atoms with Crippen LogP contribution in [0, 0.1) is 45.3 Å². The highest BCUT2D eigenvalue weighted by Crippen LogP contribution is 2.76. The van der Waals surface area contributed by atoms with Crippen molar-refractivity contribution in [2.24, 2.45) is 28.4 Å². The fourth-order valence-electron chi connectivity index (χ4n) is 4.15. The standard InChI is InChI=1S/C14H20N4O2/c1-5-9(6-2)10-12(7-15)11(17)18-14(19-3,20-4)13(10,12)8-16/h9-10H,5-6H2,1-4H3,(H2,17,18)/p+1/t10-,12+,13+/m0/s1. The molecule has 20 heavy (non-hydrogen) atoms. The summed E-state index contributed by atoms with van der Waals surface area (Å²) < 4.78 is 10.9. The molecule has 1 aliphatic carbocycles. The molecule has 0 unspecified atom stereocenters. The summed E-state index contributed by atoms with van der Waals surface area (Å²) in [6.07, 6.45) is 1.76. The lowest BCUT2D eigenvalue weighted by atomic mass is 9.89. The van der Waals surface area contributed by atoms with Crippen molar-refractivity contribution in [3.05, 3.63) is 0 Å². The van der Waals surface area contributed by atoms with Gasteiger partial charge in [0.2, 0.25) is 0 Å². The van der Waals surface area contributed by atoms with E-state index in [-0.39, 0.29) is 17.7 Å². The molecular formula is C14H21N4O2+. The van der Waals surface area contributed by atoms with E-state index in [1.807, 2.05) is 0 Å². The Labute approximate surface area is 119 Å². The van der Waals surface area contributed by atoms with Gasteiger partial charge in [0, 0.05) is 20.1 Å². The van der Waals surface area contributed by atoms with Crippen LogP contribution in [0.4, 0.5) is 0 Å². The van der Waals surface area contributed by atoms with Crippen LogP contribution in [-0.4, -0.2) is 26.0 Å². The number of rotatable bonds is 5. The maximum Gasteiger partial charge on any atom is 0.342 e. The van der Waals surface area contributed by atoms with Gasteiger partial charge in [0.05, 0.1) is 12.1 Å². The third kappa shape index (κ3) is 1.17. The summed E-state index contributed by atoms with van der Waals surface area (Å²) in [4.78, 5) is 2.89. The number of nitrogens with two attached hydrogens (primary N) is 1. The van der Waals surface area contributed by atoms with Gasteiger partial charge in [-0.05, 0) is 5.92 Å². The van der Waals surface area contributed by atoms with Crippen LogP contribution in [-0.2, 0) is 9.47 Å². The first-order chi connectivity index (χ1) is 9.51. The molecule has 3 N–H and O–H groups in total. The largest absolute Gasteiger partial charge is 0.342 e. The minimum absolute atomic E-state index is 0.179. The molecule has 0 spiro atoms. The van der Waals surface area contributed by atoms with Gasteiger partial charge >= 0.3 is 5.91 Å². The zero-order chi connectivity index (χ0) is 15.2. The molecule has 3 atom stereocenters. The van der Waals surface area contributed by atoms with Crippen molar-refractivity contribution in [3.63, 3.8) is 0 Å². The van der Waals surface area contributed by atoms with E-state index in [1.54, 1.807) is 0 Å². The van der Waals surface area contributed by atoms with Gasteiger partial charge in [-0.3, -0.25) is 5.73 Å². The van der Waals surface area contributed by atoms with Crippen molar-refractivity contribution in [1.29, 1.82) is 10.5 Å². The summed E-state index contributed by atoms with van der Waals surface area (Å²) in [5.41, 5.74) is 3.93. The molecule has 1 fully saturated rings. The van der Waals surface area contributed by atoms with Crippen LogP contribution in [0.3, 0.4) is 0 Å². The molecule has 0 bridgehead atoms. The van der Waals surface area contributed by atoms with Gasteiger partial charge in [-0.25, -0.2) is 4.99 Å². The van der Waals surface area contributed by atoms with Crippen LogP contribution in [0.1, 0.15) is 26.7 Å². The molecule has 0 amide bonds. The van der Waals surface area contributed by atoms with Gasteiger partial charge in [0.25, 0.3) is 5.84 Å². The Morgan fingerprint density at radius 3 is 2.15 bits per heavy atom. The van der Waals surface area contributed by atoms with Crippen molar-refractivity contribution >= 4 is 5.84 Å². The number of methoxy groups -OCH3 is 2. The SMILES string of the molecule is CCC(CC)[C@H]1[C@]2(C#N)C(N)=[NH+]C(OC)(OC)[C@]12C#N. The van der Waals surface area contributed by atoms with Crippen LogP contribution >= 0.6 is 0 Å². The average molecular weight is 277 g/mol. The number of nitrogens with one attached hydrogen (secondary N) is 1. The third-order valence-corrected chi connectivity index (χ3v) is 5.16. The van der Waals surface area contributed by atoms with Crippen molar-refractivity contribution in [2.75, 3.05) is 14.2 Å². The molecule has 0 aromatic carbocycles. The fraction of sp³-hybridized carbons (Fsp3) is 0.786. The Hall–Kier alpha value is -1.63. The lowest BCUT2D eigenvalue weighted by Gasteiger charge is -2.28. The van der Waals surface area contributed by atoms with Crippen molar-refractivity contribution in [1.82, 2.24) is 0 Å². The second-order valence-corrected chi connectivity index (χ2v) is 5.46. The smallest absolute Gasteiger partial charge is 0.317 e. The maximum atomic E-state index is 9.82. The number of hydrogen-bond acceptors (Lipinski definition) is 5. The average Bonchev–Trinajstić information content (AvgIpc) is 3.03. The molecular weight excluding hydrogens is 256 g/mol. The molecule has 1 saturated carbocycles. The van der Waals surface area contributed by atoms with Gasteiger partial charge in [0.1, 0.15) is 0 Å². The first-order valence-electron chi connectivity index (χ1n) is 6.85. The lowest BCUT2D eigenvalue weighted by molar-refractivity contribution is -0.688. The highest BCUT2D eigenvalue weighted by atomic mass is 16.7. The summed E-state index contributed by atoms with van der Waals surface area (Å²) in [6, 6.07) is 4.56. The maximum absolute atomic E-state index is 9.82. The zero-order valence-electron chi connectivity index (χ0n) is 12.4. The molecule has 6 heteroatoms. The molecule has 0 aromatic rings. The molecule has 108 valence electrons. The Bertz CT molecular complexity index is 524. The first kappa shape index (κ1) is 14.8. The molecule has 2 aliphatic rings. The summed E-state index contributed by atoms with van der Waals surface area (Å²) in [5.74, 6) is -1.03. The van der Waals surface area contributed by atoms with Gasteiger partial charge in [-0.2, -0.15) is 10.5 Å². The monoisotopic (exact) mass is 277 g/mol. The van der Waals surface area contributed by atoms with E-state index in [0.717, 1.165) is 12.8 Å². The van der Waals surface area contributed by atoms with E-state index in [9.17, 15) is 10.5 Å². The minimum atomic E-state index is -1.35. The van der Waals surface area contributed by atoms with E-state index >= 15 is 0 Å². The van der Waals surface area contributed by atoms with Crippen LogP contribution in [0.2, 0.25) is 0 Å². The molecule has 0 aromatic heterocycles. The molecule has 0 saturated heterocycles. The van der Waals surface area contributed by atoms with E-state index in [0.29, 0.717) is 0 Å².